The summed E-state index contributed by atoms with van der Waals surface area (Å²) in [5.74, 6) is -0.714. The predicted octanol–water partition coefficient (Wildman–Crippen LogP) is 2.54. The van der Waals surface area contributed by atoms with Crippen LogP contribution in [0.25, 0.3) is 0 Å². The number of hydrogen-bond donors (Lipinski definition) is 2. The molecule has 1 saturated carbocycles. The Bertz CT molecular complexity index is 751. The van der Waals surface area contributed by atoms with E-state index in [1.807, 2.05) is 32.0 Å². The molecule has 0 unspecified atom stereocenters. The smallest absolute Gasteiger partial charge is 0.326 e. The van der Waals surface area contributed by atoms with Crippen LogP contribution >= 0.6 is 0 Å². The summed E-state index contributed by atoms with van der Waals surface area (Å²) >= 11 is 0. The molecule has 2 aliphatic heterocycles. The molecule has 5 atom stereocenters. The standard InChI is InChI=1S/C23H32N2O5/c1-14(21(26)25-19-10-6-9-17(19)13-20(25)22(27)28)24-18(23-29-15(2)30-23)12-11-16-7-4-3-5-8-16/h3-5,7-8,14-15,17-20,23-24H,6,9-13H2,1-2H3,(H,27,28)/t14-,15?,17-,18-,19-,20-,23?/m0/s1. The number of likely N-dealkylation sites (tertiary alicyclic amines) is 1. The molecule has 2 heterocycles. The molecule has 164 valence electrons. The minimum absolute atomic E-state index is 0.0573. The van der Waals surface area contributed by atoms with E-state index in [2.05, 4.69) is 17.4 Å². The predicted molar refractivity (Wildman–Crippen MR) is 111 cm³/mol. The lowest BCUT2D eigenvalue weighted by Gasteiger charge is -2.41. The number of aryl methyl sites for hydroxylation is 1. The van der Waals surface area contributed by atoms with Gasteiger partial charge in [-0.3, -0.25) is 10.1 Å². The van der Waals surface area contributed by atoms with E-state index in [0.29, 0.717) is 12.3 Å². The molecule has 0 spiro atoms. The van der Waals surface area contributed by atoms with Gasteiger partial charge in [0, 0.05) is 6.04 Å². The zero-order chi connectivity index (χ0) is 21.3. The largest absolute Gasteiger partial charge is 0.480 e. The second-order valence-electron chi connectivity index (χ2n) is 8.82. The molecule has 2 N–H and O–H groups in total. The van der Waals surface area contributed by atoms with Crippen molar-refractivity contribution in [1.82, 2.24) is 10.2 Å². The first-order valence-corrected chi connectivity index (χ1v) is 11.1. The van der Waals surface area contributed by atoms with Crippen LogP contribution in [0, 0.1) is 5.92 Å². The maximum absolute atomic E-state index is 13.3. The Hall–Kier alpha value is -1.96. The van der Waals surface area contributed by atoms with Crippen molar-refractivity contribution < 1.29 is 24.2 Å². The molecular formula is C23H32N2O5. The average Bonchev–Trinajstić information content (AvgIpc) is 3.30. The van der Waals surface area contributed by atoms with Crippen molar-refractivity contribution in [1.29, 1.82) is 0 Å². The number of nitrogens with zero attached hydrogens (tertiary/aromatic N) is 1. The van der Waals surface area contributed by atoms with E-state index in [1.54, 1.807) is 4.90 Å². The van der Waals surface area contributed by atoms with Gasteiger partial charge in [-0.25, -0.2) is 4.79 Å². The van der Waals surface area contributed by atoms with Crippen LogP contribution in [-0.4, -0.2) is 58.6 Å². The topological polar surface area (TPSA) is 88.1 Å². The van der Waals surface area contributed by atoms with E-state index < -0.39 is 24.3 Å². The van der Waals surface area contributed by atoms with Gasteiger partial charge < -0.3 is 19.5 Å². The van der Waals surface area contributed by atoms with Gasteiger partial charge in [-0.1, -0.05) is 36.8 Å². The summed E-state index contributed by atoms with van der Waals surface area (Å²) in [4.78, 5) is 26.8. The fraction of sp³-hybridized carbons (Fsp3) is 0.652. The van der Waals surface area contributed by atoms with Crippen LogP contribution in [0.1, 0.15) is 51.5 Å². The first-order chi connectivity index (χ1) is 14.4. The van der Waals surface area contributed by atoms with Crippen LogP contribution in [0.3, 0.4) is 0 Å². The maximum Gasteiger partial charge on any atom is 0.326 e. The summed E-state index contributed by atoms with van der Waals surface area (Å²) in [6, 6.07) is 8.88. The molecule has 2 saturated heterocycles. The van der Waals surface area contributed by atoms with Crippen LogP contribution in [0.15, 0.2) is 30.3 Å². The zero-order valence-corrected chi connectivity index (χ0v) is 17.7. The molecule has 1 aromatic rings. The molecule has 1 aliphatic carbocycles. The van der Waals surface area contributed by atoms with Crippen LogP contribution in [0.4, 0.5) is 0 Å². The van der Waals surface area contributed by atoms with Crippen LogP contribution < -0.4 is 5.32 Å². The van der Waals surface area contributed by atoms with Gasteiger partial charge in [0.15, 0.2) is 12.6 Å². The SMILES string of the molecule is CC1OC([C@H](CCc2ccccc2)N[C@@H](C)C(=O)N2[C@H](C(=O)O)C[C@@H]3CCC[C@@H]32)O1. The highest BCUT2D eigenvalue weighted by Gasteiger charge is 2.49. The third-order valence-electron chi connectivity index (χ3n) is 6.78. The lowest BCUT2D eigenvalue weighted by molar-refractivity contribution is -0.384. The van der Waals surface area contributed by atoms with Gasteiger partial charge in [0.25, 0.3) is 0 Å². The number of nitrogens with one attached hydrogen (secondary N) is 1. The number of carboxylic acid groups (broad SMARTS) is 1. The second-order valence-corrected chi connectivity index (χ2v) is 8.82. The molecular weight excluding hydrogens is 384 g/mol. The molecule has 30 heavy (non-hydrogen) atoms. The van der Waals surface area contributed by atoms with Crippen molar-refractivity contribution in [2.45, 2.75) is 89.1 Å². The van der Waals surface area contributed by atoms with E-state index in [0.717, 1.165) is 32.1 Å². The fourth-order valence-corrected chi connectivity index (χ4v) is 5.29. The molecule has 3 aliphatic rings. The first-order valence-electron chi connectivity index (χ1n) is 11.1. The summed E-state index contributed by atoms with van der Waals surface area (Å²) in [7, 11) is 0. The minimum Gasteiger partial charge on any atom is -0.480 e. The lowest BCUT2D eigenvalue weighted by atomic mass is 10.0. The summed E-state index contributed by atoms with van der Waals surface area (Å²) < 4.78 is 11.4. The quantitative estimate of drug-likeness (QED) is 0.677. The normalized spacial score (nSPS) is 32.3. The molecule has 4 rings (SSSR count). The van der Waals surface area contributed by atoms with Crippen molar-refractivity contribution in [3.8, 4) is 0 Å². The number of benzene rings is 1. The Kier molecular flexibility index (Phi) is 6.41. The highest BCUT2D eigenvalue weighted by Crippen LogP contribution is 2.41. The minimum atomic E-state index is -0.898. The van der Waals surface area contributed by atoms with Crippen LogP contribution in [-0.2, 0) is 25.5 Å². The number of carboxylic acids is 1. The molecule has 1 amide bonds. The Morgan fingerprint density at radius 2 is 1.97 bits per heavy atom. The van der Waals surface area contributed by atoms with Crippen LogP contribution in [0.2, 0.25) is 0 Å². The van der Waals surface area contributed by atoms with Crippen molar-refractivity contribution in [2.24, 2.45) is 5.92 Å². The zero-order valence-electron chi connectivity index (χ0n) is 17.7. The van der Waals surface area contributed by atoms with Gasteiger partial charge in [-0.15, -0.1) is 0 Å². The molecule has 1 aromatic carbocycles. The van der Waals surface area contributed by atoms with E-state index in [-0.39, 0.29) is 24.3 Å². The highest BCUT2D eigenvalue weighted by molar-refractivity contribution is 5.88. The molecule has 0 bridgehead atoms. The summed E-state index contributed by atoms with van der Waals surface area (Å²) in [5.41, 5.74) is 1.22. The highest BCUT2D eigenvalue weighted by atomic mass is 16.9. The first kappa shape index (κ1) is 21.3. The van der Waals surface area contributed by atoms with E-state index in [1.165, 1.54) is 5.56 Å². The summed E-state index contributed by atoms with van der Waals surface area (Å²) in [5, 5.41) is 13.1. The van der Waals surface area contributed by atoms with Gasteiger partial charge in [0.2, 0.25) is 5.91 Å². The van der Waals surface area contributed by atoms with E-state index >= 15 is 0 Å². The number of rotatable bonds is 8. The molecule has 7 heteroatoms. The number of ether oxygens (including phenoxy) is 2. The summed E-state index contributed by atoms with van der Waals surface area (Å²) in [6.45, 7) is 3.67. The van der Waals surface area contributed by atoms with Crippen molar-refractivity contribution in [3.63, 3.8) is 0 Å². The van der Waals surface area contributed by atoms with E-state index in [4.69, 9.17) is 9.47 Å². The Balaban J connectivity index is 1.42. The molecule has 0 radical (unpaired) electrons. The van der Waals surface area contributed by atoms with E-state index in [9.17, 15) is 14.7 Å². The van der Waals surface area contributed by atoms with Gasteiger partial charge >= 0.3 is 5.97 Å². The monoisotopic (exact) mass is 416 g/mol. The number of amides is 1. The van der Waals surface area contributed by atoms with Gasteiger partial charge in [-0.05, 0) is 57.4 Å². The molecule has 3 fully saturated rings. The Morgan fingerprint density at radius 3 is 2.63 bits per heavy atom. The maximum atomic E-state index is 13.3. The van der Waals surface area contributed by atoms with Crippen molar-refractivity contribution in [2.75, 3.05) is 0 Å². The Morgan fingerprint density at radius 1 is 1.23 bits per heavy atom. The number of carbonyl (C=O) groups is 2. The van der Waals surface area contributed by atoms with Crippen LogP contribution in [0.5, 0.6) is 0 Å². The van der Waals surface area contributed by atoms with Gasteiger partial charge in [0.1, 0.15) is 6.04 Å². The number of hydrogen-bond acceptors (Lipinski definition) is 5. The van der Waals surface area contributed by atoms with Crippen molar-refractivity contribution >= 4 is 11.9 Å². The Labute approximate surface area is 177 Å². The van der Waals surface area contributed by atoms with Gasteiger partial charge in [0.05, 0.1) is 12.1 Å². The molecule has 0 aromatic heterocycles. The fourth-order valence-electron chi connectivity index (χ4n) is 5.29. The van der Waals surface area contributed by atoms with Crippen molar-refractivity contribution in [3.05, 3.63) is 35.9 Å². The molecule has 7 nitrogen and oxygen atoms in total. The number of fused-ring (bicyclic) bond motifs is 1. The third-order valence-corrected chi connectivity index (χ3v) is 6.78. The summed E-state index contributed by atoms with van der Waals surface area (Å²) in [6.07, 6.45) is 4.51. The average molecular weight is 417 g/mol. The second kappa shape index (κ2) is 9.04. The van der Waals surface area contributed by atoms with Gasteiger partial charge in [-0.2, -0.15) is 0 Å². The third kappa shape index (κ3) is 4.38. The number of aliphatic carboxylic acids is 1. The number of carbonyl (C=O) groups excluding carboxylic acids is 1. The lowest BCUT2D eigenvalue weighted by Crippen LogP contribution is -2.59.